The minimum Gasteiger partial charge on any atom is -0.456 e. The normalized spacial score (nSPS) is 12.2. The number of rotatable bonds is 6. The van der Waals surface area contributed by atoms with Crippen LogP contribution < -0.4 is 9.80 Å². The summed E-state index contributed by atoms with van der Waals surface area (Å²) < 4.78 is 26.4. The Morgan fingerprint density at radius 1 is 0.278 bits per heavy atom. The van der Waals surface area contributed by atoms with E-state index in [1.807, 2.05) is 24.3 Å². The Bertz CT molecular complexity index is 4470. The molecule has 0 bridgehead atoms. The van der Waals surface area contributed by atoms with Crippen LogP contribution in [0.2, 0.25) is 0 Å². The molecule has 0 aliphatic heterocycles. The van der Waals surface area contributed by atoms with Crippen molar-refractivity contribution < 1.29 is 17.7 Å². The number of hydrogen-bond donors (Lipinski definition) is 0. The van der Waals surface area contributed by atoms with Crippen molar-refractivity contribution in [2.24, 2.45) is 0 Å². The molecule has 0 spiro atoms. The molecular weight excluding hydrogens is 885 g/mol. The van der Waals surface area contributed by atoms with E-state index in [0.29, 0.717) is 0 Å². The lowest BCUT2D eigenvalue weighted by Crippen LogP contribution is -2.12. The average Bonchev–Trinajstić information content (AvgIpc) is 4.18. The van der Waals surface area contributed by atoms with Gasteiger partial charge in [0.05, 0.1) is 0 Å². The van der Waals surface area contributed by atoms with Crippen molar-refractivity contribution in [3.63, 3.8) is 0 Å². The fourth-order valence-electron chi connectivity index (χ4n) is 11.7. The number of anilines is 6. The molecule has 15 aromatic rings. The molecular formula is C66H44N2O4. The van der Waals surface area contributed by atoms with Gasteiger partial charge >= 0.3 is 0 Å². The quantitative estimate of drug-likeness (QED) is 0.166. The molecule has 0 amide bonds. The summed E-state index contributed by atoms with van der Waals surface area (Å²) in [5.74, 6) is 0. The molecule has 0 unspecified atom stereocenters. The first kappa shape index (κ1) is 40.6. The second-order valence-electron chi connectivity index (χ2n) is 19.4. The van der Waals surface area contributed by atoms with E-state index >= 15 is 0 Å². The van der Waals surface area contributed by atoms with Crippen LogP contribution in [0.5, 0.6) is 0 Å². The lowest BCUT2D eigenvalue weighted by Gasteiger charge is -2.29. The van der Waals surface area contributed by atoms with E-state index in [1.54, 1.807) is 0 Å². The fraction of sp³-hybridized carbons (Fsp3) is 0.0606. The van der Waals surface area contributed by atoms with Gasteiger partial charge in [-0.05, 0) is 181 Å². The van der Waals surface area contributed by atoms with Gasteiger partial charge in [0.1, 0.15) is 33.5 Å². The lowest BCUT2D eigenvalue weighted by molar-refractivity contribution is 0.634. The standard InChI is InChI=1S/C66H44N2O4/c1-37-13-5-9-17-53(37)67(55-27-29-59-63(39(55)3)49-15-7-11-19-57(49)69-59)45-23-21-41-33-51-47-25-26-48-52-34-42-22-24-46(32-44(42)36-62(52)72-66(48)65(47)71-61(51)35-43(41)31-45)68(54-18-10-6-14-38(54)2)56-28-30-60-64(40(56)4)50-16-8-12-20-58(50)70-60/h5-36H,1-4H3. The van der Waals surface area contributed by atoms with Crippen LogP contribution in [0.3, 0.4) is 0 Å². The molecule has 0 saturated carbocycles. The fourth-order valence-corrected chi connectivity index (χ4v) is 11.7. The smallest absolute Gasteiger partial charge is 0.178 e. The zero-order valence-electron chi connectivity index (χ0n) is 40.0. The third kappa shape index (κ3) is 5.90. The zero-order chi connectivity index (χ0) is 47.9. The van der Waals surface area contributed by atoms with Gasteiger partial charge < -0.3 is 27.5 Å². The van der Waals surface area contributed by atoms with Crippen LogP contribution in [0.15, 0.2) is 212 Å². The summed E-state index contributed by atoms with van der Waals surface area (Å²) in [5.41, 5.74) is 17.9. The van der Waals surface area contributed by atoms with E-state index in [0.717, 1.165) is 155 Å². The van der Waals surface area contributed by atoms with Crippen molar-refractivity contribution in [2.75, 3.05) is 9.80 Å². The van der Waals surface area contributed by atoms with Crippen LogP contribution in [0.4, 0.5) is 34.1 Å². The zero-order valence-corrected chi connectivity index (χ0v) is 40.0. The second kappa shape index (κ2) is 15.1. The molecule has 0 N–H and O–H groups in total. The molecule has 342 valence electrons. The third-order valence-electron chi connectivity index (χ3n) is 15.2. The molecule has 0 saturated heterocycles. The van der Waals surface area contributed by atoms with Crippen molar-refractivity contribution in [1.82, 2.24) is 0 Å². The largest absolute Gasteiger partial charge is 0.456 e. The predicted octanol–water partition coefficient (Wildman–Crippen LogP) is 19.8. The summed E-state index contributed by atoms with van der Waals surface area (Å²) in [7, 11) is 0. The highest BCUT2D eigenvalue weighted by Crippen LogP contribution is 2.47. The van der Waals surface area contributed by atoms with Gasteiger partial charge in [-0.1, -0.05) is 84.9 Å². The first-order valence-electron chi connectivity index (χ1n) is 24.6. The summed E-state index contributed by atoms with van der Waals surface area (Å²) in [6.45, 7) is 8.76. The van der Waals surface area contributed by atoms with Gasteiger partial charge in [0.15, 0.2) is 11.2 Å². The van der Waals surface area contributed by atoms with Crippen molar-refractivity contribution in [3.05, 3.63) is 216 Å². The van der Waals surface area contributed by atoms with Gasteiger partial charge in [-0.25, -0.2) is 0 Å². The summed E-state index contributed by atoms with van der Waals surface area (Å²) in [4.78, 5) is 4.75. The number of hydrogen-bond acceptors (Lipinski definition) is 6. The Morgan fingerprint density at radius 3 is 1.17 bits per heavy atom. The highest BCUT2D eigenvalue weighted by atomic mass is 16.4. The van der Waals surface area contributed by atoms with Gasteiger partial charge in [0, 0.05) is 77.2 Å². The Kier molecular flexibility index (Phi) is 8.53. The van der Waals surface area contributed by atoms with Gasteiger partial charge in [-0.3, -0.25) is 0 Å². The minimum atomic E-state index is 0.750. The number of aryl methyl sites for hydroxylation is 4. The Labute approximate surface area is 413 Å². The van der Waals surface area contributed by atoms with E-state index in [9.17, 15) is 0 Å². The maximum atomic E-state index is 6.88. The van der Waals surface area contributed by atoms with Crippen molar-refractivity contribution in [3.8, 4) is 0 Å². The van der Waals surface area contributed by atoms with Crippen LogP contribution in [0.1, 0.15) is 22.3 Å². The van der Waals surface area contributed by atoms with Crippen molar-refractivity contribution in [1.29, 1.82) is 0 Å². The van der Waals surface area contributed by atoms with Crippen LogP contribution >= 0.6 is 0 Å². The molecule has 0 atom stereocenters. The topological polar surface area (TPSA) is 59.0 Å². The summed E-state index contributed by atoms with van der Waals surface area (Å²) in [5, 5.41) is 13.1. The average molecular weight is 929 g/mol. The van der Waals surface area contributed by atoms with Crippen LogP contribution in [-0.4, -0.2) is 0 Å². The highest BCUT2D eigenvalue weighted by Gasteiger charge is 2.24. The van der Waals surface area contributed by atoms with E-state index in [4.69, 9.17) is 17.7 Å². The molecule has 6 nitrogen and oxygen atoms in total. The van der Waals surface area contributed by atoms with Gasteiger partial charge in [-0.15, -0.1) is 0 Å². The molecule has 6 heteroatoms. The molecule has 0 aliphatic carbocycles. The summed E-state index contributed by atoms with van der Waals surface area (Å²) in [6, 6.07) is 69.1. The number of para-hydroxylation sites is 4. The van der Waals surface area contributed by atoms with E-state index in [-0.39, 0.29) is 0 Å². The maximum Gasteiger partial charge on any atom is 0.178 e. The monoisotopic (exact) mass is 928 g/mol. The molecule has 11 aromatic carbocycles. The first-order chi connectivity index (χ1) is 35.3. The Morgan fingerprint density at radius 2 is 0.708 bits per heavy atom. The maximum absolute atomic E-state index is 6.88. The van der Waals surface area contributed by atoms with Gasteiger partial charge in [0.25, 0.3) is 0 Å². The van der Waals surface area contributed by atoms with Crippen LogP contribution in [0.25, 0.3) is 109 Å². The second-order valence-corrected chi connectivity index (χ2v) is 19.4. The van der Waals surface area contributed by atoms with Gasteiger partial charge in [0.2, 0.25) is 0 Å². The molecule has 0 fully saturated rings. The Balaban J connectivity index is 0.855. The number of nitrogens with zero attached hydrogens (tertiary/aromatic N) is 2. The summed E-state index contributed by atoms with van der Waals surface area (Å²) >= 11 is 0. The third-order valence-corrected chi connectivity index (χ3v) is 15.2. The number of benzene rings is 11. The van der Waals surface area contributed by atoms with E-state index in [2.05, 4.69) is 207 Å². The number of fused-ring (bicyclic) bond motifs is 15. The van der Waals surface area contributed by atoms with E-state index in [1.165, 1.54) is 11.1 Å². The summed E-state index contributed by atoms with van der Waals surface area (Å²) in [6.07, 6.45) is 0. The van der Waals surface area contributed by atoms with Gasteiger partial charge in [-0.2, -0.15) is 0 Å². The minimum absolute atomic E-state index is 0.750. The molecule has 0 aliphatic rings. The SMILES string of the molecule is Cc1ccccc1N(c1ccc2cc3c(cc2c1)oc1c3ccc2c3cc4ccc(N(c5ccccc5C)c5ccc6oc7ccccc7c6c5C)cc4cc3oc21)c1ccc2oc3ccccc3c2c1C. The van der Waals surface area contributed by atoms with Crippen LogP contribution in [0, 0.1) is 27.7 Å². The lowest BCUT2D eigenvalue weighted by atomic mass is 10.0. The first-order valence-corrected chi connectivity index (χ1v) is 24.6. The predicted molar refractivity (Wildman–Crippen MR) is 299 cm³/mol. The Hall–Kier alpha value is -9.26. The molecule has 15 rings (SSSR count). The molecule has 0 radical (unpaired) electrons. The van der Waals surface area contributed by atoms with Crippen molar-refractivity contribution >= 4 is 143 Å². The number of furan rings is 4. The van der Waals surface area contributed by atoms with Crippen molar-refractivity contribution in [2.45, 2.75) is 27.7 Å². The molecule has 4 aromatic heterocycles. The van der Waals surface area contributed by atoms with E-state index < -0.39 is 0 Å². The highest BCUT2D eigenvalue weighted by molar-refractivity contribution is 6.22. The molecule has 72 heavy (non-hydrogen) atoms. The van der Waals surface area contributed by atoms with Crippen LogP contribution in [-0.2, 0) is 0 Å². The molecule has 4 heterocycles.